The largest absolute Gasteiger partial charge is 0.328 e. The molecule has 0 aliphatic carbocycles. The van der Waals surface area contributed by atoms with Crippen LogP contribution in [0.3, 0.4) is 0 Å². The number of carbonyl (C=O) groups is 1. The van der Waals surface area contributed by atoms with Crippen molar-refractivity contribution in [2.24, 2.45) is 0 Å². The summed E-state index contributed by atoms with van der Waals surface area (Å²) in [6, 6.07) is 7.98. The molecule has 1 N–H and O–H groups in total. The zero-order valence-corrected chi connectivity index (χ0v) is 11.5. The van der Waals surface area contributed by atoms with Crippen molar-refractivity contribution in [3.8, 4) is 0 Å². The van der Waals surface area contributed by atoms with Gasteiger partial charge in [-0.15, -0.1) is 11.3 Å². The van der Waals surface area contributed by atoms with E-state index in [1.807, 2.05) is 30.5 Å². The zero-order valence-electron chi connectivity index (χ0n) is 10.7. The fraction of sp³-hybridized carbons (Fsp3) is 0.286. The van der Waals surface area contributed by atoms with Crippen molar-refractivity contribution in [2.45, 2.75) is 19.8 Å². The number of nitrogens with one attached hydrogen (secondary N) is 1. The Morgan fingerprint density at radius 1 is 1.42 bits per heavy atom. The first-order chi connectivity index (χ1) is 9.24. The molecule has 0 spiro atoms. The molecular weight excluding hydrogens is 258 g/mol. The van der Waals surface area contributed by atoms with E-state index in [4.69, 9.17) is 0 Å². The van der Waals surface area contributed by atoms with Crippen LogP contribution in [-0.4, -0.2) is 17.6 Å². The second kappa shape index (κ2) is 5.01. The summed E-state index contributed by atoms with van der Waals surface area (Å²) in [7, 11) is 0. The smallest absolute Gasteiger partial charge is 0.294 e. The first-order valence-electron chi connectivity index (χ1n) is 6.32. The predicted molar refractivity (Wildman–Crippen MR) is 78.0 cm³/mol. The molecule has 1 aliphatic rings. The molecule has 0 saturated carbocycles. The predicted octanol–water partition coefficient (Wildman–Crippen LogP) is 3.44. The molecule has 0 saturated heterocycles. The van der Waals surface area contributed by atoms with Crippen LogP contribution in [0.15, 0.2) is 29.6 Å². The Balaban J connectivity index is 1.81. The third kappa shape index (κ3) is 2.46. The van der Waals surface area contributed by atoms with Crippen molar-refractivity contribution in [3.63, 3.8) is 0 Å². The lowest BCUT2D eigenvalue weighted by atomic mass is 10.0. The van der Waals surface area contributed by atoms with Gasteiger partial charge in [0.15, 0.2) is 5.13 Å². The Labute approximate surface area is 116 Å². The van der Waals surface area contributed by atoms with Gasteiger partial charge < -0.3 is 0 Å². The van der Waals surface area contributed by atoms with Crippen LogP contribution >= 0.6 is 11.3 Å². The van der Waals surface area contributed by atoms with Gasteiger partial charge in [-0.25, -0.2) is 9.78 Å². The number of hydrogen-bond acceptors (Lipinski definition) is 3. The highest BCUT2D eigenvalue weighted by Gasteiger charge is 2.22. The van der Waals surface area contributed by atoms with Crippen molar-refractivity contribution < 1.29 is 4.79 Å². The van der Waals surface area contributed by atoms with E-state index >= 15 is 0 Å². The molecule has 1 aromatic heterocycles. The van der Waals surface area contributed by atoms with Gasteiger partial charge >= 0.3 is 6.03 Å². The molecule has 1 aliphatic heterocycles. The number of amides is 2. The van der Waals surface area contributed by atoms with Crippen molar-refractivity contribution >= 4 is 28.2 Å². The van der Waals surface area contributed by atoms with Crippen LogP contribution in [-0.2, 0) is 6.42 Å². The third-order valence-electron chi connectivity index (χ3n) is 3.19. The summed E-state index contributed by atoms with van der Waals surface area (Å²) >= 11 is 1.45. The lowest BCUT2D eigenvalue weighted by Crippen LogP contribution is -2.38. The van der Waals surface area contributed by atoms with E-state index in [9.17, 15) is 4.79 Å². The average Bonchev–Trinajstić information content (AvgIpc) is 2.83. The number of urea groups is 1. The monoisotopic (exact) mass is 273 g/mol. The molecule has 0 atom stereocenters. The van der Waals surface area contributed by atoms with Gasteiger partial charge in [0.2, 0.25) is 0 Å². The van der Waals surface area contributed by atoms with Crippen molar-refractivity contribution in [1.82, 2.24) is 4.98 Å². The van der Waals surface area contributed by atoms with Crippen molar-refractivity contribution in [1.29, 1.82) is 0 Å². The number of fused-ring (bicyclic) bond motifs is 1. The Bertz CT molecular complexity index is 608. The second-order valence-electron chi connectivity index (χ2n) is 4.61. The second-order valence-corrected chi connectivity index (χ2v) is 5.47. The molecular formula is C14H15N3OS. The van der Waals surface area contributed by atoms with Crippen LogP contribution in [0.2, 0.25) is 0 Å². The molecule has 4 nitrogen and oxygen atoms in total. The topological polar surface area (TPSA) is 45.2 Å². The summed E-state index contributed by atoms with van der Waals surface area (Å²) in [5.74, 6) is 0. The van der Waals surface area contributed by atoms with Gasteiger partial charge in [0.1, 0.15) is 0 Å². The van der Waals surface area contributed by atoms with Crippen LogP contribution in [0.5, 0.6) is 0 Å². The minimum atomic E-state index is -0.0958. The highest BCUT2D eigenvalue weighted by Crippen LogP contribution is 2.27. The molecule has 3 rings (SSSR count). The van der Waals surface area contributed by atoms with E-state index in [0.29, 0.717) is 5.13 Å². The number of thiazole rings is 1. The fourth-order valence-corrected chi connectivity index (χ4v) is 2.99. The minimum absolute atomic E-state index is 0.0958. The summed E-state index contributed by atoms with van der Waals surface area (Å²) < 4.78 is 0. The summed E-state index contributed by atoms with van der Waals surface area (Å²) in [4.78, 5) is 18.4. The number of aromatic nitrogens is 1. The van der Waals surface area contributed by atoms with E-state index in [1.165, 1.54) is 16.9 Å². The van der Waals surface area contributed by atoms with Crippen molar-refractivity contribution in [3.05, 3.63) is 40.9 Å². The molecule has 0 bridgehead atoms. The number of carbonyl (C=O) groups excluding carboxylic acids is 1. The number of hydrogen-bond donors (Lipinski definition) is 1. The summed E-state index contributed by atoms with van der Waals surface area (Å²) in [5, 5.41) is 5.46. The van der Waals surface area contributed by atoms with Crippen LogP contribution in [0.4, 0.5) is 15.6 Å². The van der Waals surface area contributed by atoms with E-state index < -0.39 is 0 Å². The van der Waals surface area contributed by atoms with E-state index in [2.05, 4.69) is 16.4 Å². The number of aryl methyl sites for hydroxylation is 2. The van der Waals surface area contributed by atoms with Crippen molar-refractivity contribution in [2.75, 3.05) is 16.8 Å². The number of benzene rings is 1. The molecule has 1 aromatic carbocycles. The number of rotatable bonds is 1. The molecule has 2 aromatic rings. The summed E-state index contributed by atoms with van der Waals surface area (Å²) in [6.07, 6.45) is 2.04. The molecule has 98 valence electrons. The zero-order chi connectivity index (χ0) is 13.2. The van der Waals surface area contributed by atoms with Gasteiger partial charge in [0.05, 0.1) is 5.69 Å². The summed E-state index contributed by atoms with van der Waals surface area (Å²) in [5.41, 5.74) is 3.18. The van der Waals surface area contributed by atoms with Gasteiger partial charge in [0, 0.05) is 17.6 Å². The van der Waals surface area contributed by atoms with Crippen LogP contribution in [0, 0.1) is 6.92 Å². The maximum atomic E-state index is 12.3. The third-order valence-corrected chi connectivity index (χ3v) is 4.06. The van der Waals surface area contributed by atoms with Gasteiger partial charge in [-0.3, -0.25) is 10.2 Å². The van der Waals surface area contributed by atoms with Crippen LogP contribution in [0.1, 0.15) is 17.7 Å². The maximum absolute atomic E-state index is 12.3. The minimum Gasteiger partial charge on any atom is -0.294 e. The Morgan fingerprint density at radius 3 is 3.05 bits per heavy atom. The van der Waals surface area contributed by atoms with Gasteiger partial charge in [0.25, 0.3) is 0 Å². The molecule has 2 amide bonds. The van der Waals surface area contributed by atoms with Crippen LogP contribution in [0.25, 0.3) is 0 Å². The fourth-order valence-electron chi connectivity index (χ4n) is 2.31. The van der Waals surface area contributed by atoms with Gasteiger partial charge in [-0.2, -0.15) is 0 Å². The van der Waals surface area contributed by atoms with Crippen LogP contribution < -0.4 is 10.2 Å². The van der Waals surface area contributed by atoms with E-state index in [-0.39, 0.29) is 6.03 Å². The Kier molecular flexibility index (Phi) is 3.21. The van der Waals surface area contributed by atoms with E-state index in [0.717, 1.165) is 30.8 Å². The first-order valence-corrected chi connectivity index (χ1v) is 7.20. The number of anilines is 2. The standard InChI is InChI=1S/C14H15N3OS/c1-10-9-19-13(15-10)16-14(18)17-8-4-6-11-5-2-3-7-12(11)17/h2-3,5,7,9H,4,6,8H2,1H3,(H,15,16,18). The molecule has 0 unspecified atom stereocenters. The molecule has 2 heterocycles. The molecule has 5 heteroatoms. The highest BCUT2D eigenvalue weighted by molar-refractivity contribution is 7.13. The Morgan fingerprint density at radius 2 is 2.26 bits per heavy atom. The maximum Gasteiger partial charge on any atom is 0.328 e. The quantitative estimate of drug-likeness (QED) is 0.865. The molecule has 19 heavy (non-hydrogen) atoms. The molecule has 0 radical (unpaired) electrons. The van der Waals surface area contributed by atoms with Gasteiger partial charge in [-0.05, 0) is 31.4 Å². The summed E-state index contributed by atoms with van der Waals surface area (Å²) in [6.45, 7) is 2.68. The Hall–Kier alpha value is -1.88. The SMILES string of the molecule is Cc1csc(NC(=O)N2CCCc3ccccc32)n1. The lowest BCUT2D eigenvalue weighted by Gasteiger charge is -2.29. The number of nitrogens with zero attached hydrogens (tertiary/aromatic N) is 2. The lowest BCUT2D eigenvalue weighted by molar-refractivity contribution is 0.256. The average molecular weight is 273 g/mol. The molecule has 0 fully saturated rings. The first kappa shape index (κ1) is 12.2. The number of para-hydroxylation sites is 1. The van der Waals surface area contributed by atoms with Gasteiger partial charge in [-0.1, -0.05) is 18.2 Å². The normalized spacial score (nSPS) is 14.1. The highest BCUT2D eigenvalue weighted by atomic mass is 32.1. The van der Waals surface area contributed by atoms with E-state index in [1.54, 1.807) is 4.90 Å².